The molecule has 0 aromatic rings. The summed E-state index contributed by atoms with van der Waals surface area (Å²) in [5.41, 5.74) is 0. The summed E-state index contributed by atoms with van der Waals surface area (Å²) in [4.78, 5) is 0. The van der Waals surface area contributed by atoms with E-state index in [0.717, 1.165) is 0 Å². The van der Waals surface area contributed by atoms with Crippen LogP contribution in [0.25, 0.3) is 0 Å². The number of rotatable bonds is 15. The number of hydrogen-bond acceptors (Lipinski definition) is 0. The second-order valence-corrected chi connectivity index (χ2v) is 8.80. The molecule has 0 rings (SSSR count). The Kier molecular flexibility index (Phi) is 11.4. The van der Waals surface area contributed by atoms with Crippen LogP contribution in [0.15, 0.2) is 0 Å². The van der Waals surface area contributed by atoms with Crippen molar-refractivity contribution in [2.75, 3.05) is 0 Å². The van der Waals surface area contributed by atoms with Gasteiger partial charge in [0, 0.05) is 38.0 Å². The minimum absolute atomic E-state index is 0.0186. The van der Waals surface area contributed by atoms with Crippen LogP contribution in [0.2, 0.25) is 0 Å². The van der Waals surface area contributed by atoms with Crippen LogP contribution in [0.1, 0.15) is 98.8 Å². The average molecular weight is 405 g/mol. The first kappa shape index (κ1) is 26.6. The molecule has 2 atom stereocenters. The van der Waals surface area contributed by atoms with Gasteiger partial charge >= 0.3 is 0 Å². The van der Waals surface area contributed by atoms with Crippen LogP contribution in [0, 0.1) is 17.8 Å². The van der Waals surface area contributed by atoms with E-state index >= 15 is 0 Å². The quantitative estimate of drug-likeness (QED) is 0.239. The Hall–Kier alpha value is -0.420. The average Bonchev–Trinajstić information content (AvgIpc) is 2.50. The van der Waals surface area contributed by atoms with Crippen molar-refractivity contribution >= 4 is 0 Å². The Labute approximate surface area is 161 Å². The fourth-order valence-electron chi connectivity index (χ4n) is 3.25. The van der Waals surface area contributed by atoms with Crippen molar-refractivity contribution in [2.24, 2.45) is 17.8 Å². The predicted molar refractivity (Wildman–Crippen MR) is 99.9 cm³/mol. The Morgan fingerprint density at radius 1 is 0.667 bits per heavy atom. The Morgan fingerprint density at radius 3 is 1.74 bits per heavy atom. The Morgan fingerprint density at radius 2 is 1.22 bits per heavy atom. The molecule has 2 unspecified atom stereocenters. The standard InChI is InChI=1S/C21H38F6/c1-6-11-21(26,27)18(5)8-7-12-20(24,25)15-17(4)10-14-19(22,23)13-9-16(2)3/h16-18H,6-15H2,1-5H3. The summed E-state index contributed by atoms with van der Waals surface area (Å²) in [6.07, 6.45) is -0.867. The van der Waals surface area contributed by atoms with E-state index < -0.39 is 42.4 Å². The van der Waals surface area contributed by atoms with Gasteiger partial charge in [-0.15, -0.1) is 0 Å². The highest BCUT2D eigenvalue weighted by molar-refractivity contribution is 4.77. The maximum Gasteiger partial charge on any atom is 0.250 e. The summed E-state index contributed by atoms with van der Waals surface area (Å²) in [7, 11) is 0. The van der Waals surface area contributed by atoms with Gasteiger partial charge in [-0.25, -0.2) is 26.3 Å². The molecular formula is C21H38F6. The summed E-state index contributed by atoms with van der Waals surface area (Å²) < 4.78 is 83.1. The van der Waals surface area contributed by atoms with E-state index in [4.69, 9.17) is 0 Å². The van der Waals surface area contributed by atoms with Crippen LogP contribution >= 0.6 is 0 Å². The third-order valence-electron chi connectivity index (χ3n) is 5.22. The molecule has 0 fully saturated rings. The molecule has 0 radical (unpaired) electrons. The molecule has 0 saturated heterocycles. The number of halogens is 6. The smallest absolute Gasteiger partial charge is 0.207 e. The molecule has 0 aliphatic rings. The molecule has 0 amide bonds. The third kappa shape index (κ3) is 12.6. The molecule has 0 aromatic carbocycles. The lowest BCUT2D eigenvalue weighted by Gasteiger charge is -2.25. The predicted octanol–water partition coefficient (Wildman–Crippen LogP) is 8.74. The van der Waals surface area contributed by atoms with Gasteiger partial charge < -0.3 is 0 Å². The maximum absolute atomic E-state index is 14.1. The van der Waals surface area contributed by atoms with Crippen molar-refractivity contribution in [1.82, 2.24) is 0 Å². The molecule has 0 spiro atoms. The molecule has 0 aromatic heterocycles. The van der Waals surface area contributed by atoms with Gasteiger partial charge in [-0.2, -0.15) is 0 Å². The van der Waals surface area contributed by atoms with Gasteiger partial charge in [0.2, 0.25) is 11.8 Å². The van der Waals surface area contributed by atoms with E-state index in [1.807, 2.05) is 13.8 Å². The van der Waals surface area contributed by atoms with Crippen molar-refractivity contribution in [2.45, 2.75) is 117 Å². The SMILES string of the molecule is CCCC(F)(F)C(C)CCCC(F)(F)CC(C)CCC(F)(F)CCC(C)C. The lowest BCUT2D eigenvalue weighted by atomic mass is 9.90. The van der Waals surface area contributed by atoms with E-state index in [-0.39, 0.29) is 44.4 Å². The zero-order chi connectivity index (χ0) is 21.3. The maximum atomic E-state index is 14.1. The van der Waals surface area contributed by atoms with E-state index in [9.17, 15) is 26.3 Å². The van der Waals surface area contributed by atoms with Gasteiger partial charge in [0.25, 0.3) is 5.92 Å². The summed E-state index contributed by atoms with van der Waals surface area (Å²) in [5.74, 6) is -9.89. The lowest BCUT2D eigenvalue weighted by molar-refractivity contribution is -0.0702. The molecule has 0 aliphatic heterocycles. The van der Waals surface area contributed by atoms with E-state index in [1.54, 1.807) is 13.8 Å². The minimum atomic E-state index is -2.99. The van der Waals surface area contributed by atoms with Gasteiger partial charge in [-0.1, -0.05) is 41.0 Å². The largest absolute Gasteiger partial charge is 0.250 e. The van der Waals surface area contributed by atoms with Crippen LogP contribution < -0.4 is 0 Å². The highest BCUT2D eigenvalue weighted by atomic mass is 19.3. The molecule has 27 heavy (non-hydrogen) atoms. The number of hydrogen-bond donors (Lipinski definition) is 0. The normalized spacial score (nSPS) is 16.0. The summed E-state index contributed by atoms with van der Waals surface area (Å²) in [6, 6.07) is 0. The highest BCUT2D eigenvalue weighted by Gasteiger charge is 2.37. The van der Waals surface area contributed by atoms with Crippen molar-refractivity contribution < 1.29 is 26.3 Å². The van der Waals surface area contributed by atoms with Gasteiger partial charge in [0.05, 0.1) is 0 Å². The second kappa shape index (κ2) is 11.5. The van der Waals surface area contributed by atoms with E-state index in [0.29, 0.717) is 12.8 Å². The topological polar surface area (TPSA) is 0 Å². The fourth-order valence-corrected chi connectivity index (χ4v) is 3.25. The second-order valence-electron chi connectivity index (χ2n) is 8.80. The molecule has 0 bridgehead atoms. The van der Waals surface area contributed by atoms with Gasteiger partial charge in [0.1, 0.15) is 0 Å². The molecule has 0 saturated carbocycles. The first-order chi connectivity index (χ1) is 12.2. The zero-order valence-corrected chi connectivity index (χ0v) is 17.6. The van der Waals surface area contributed by atoms with Crippen LogP contribution in [0.3, 0.4) is 0 Å². The monoisotopic (exact) mass is 404 g/mol. The van der Waals surface area contributed by atoms with E-state index in [1.165, 1.54) is 6.92 Å². The molecule has 6 heteroatoms. The molecule has 0 aliphatic carbocycles. The molecule has 0 N–H and O–H groups in total. The highest BCUT2D eigenvalue weighted by Crippen LogP contribution is 2.37. The molecule has 0 heterocycles. The summed E-state index contributed by atoms with van der Waals surface area (Å²) in [5, 5.41) is 0. The summed E-state index contributed by atoms with van der Waals surface area (Å²) >= 11 is 0. The minimum Gasteiger partial charge on any atom is -0.207 e. The van der Waals surface area contributed by atoms with Crippen LogP contribution in [-0.4, -0.2) is 17.8 Å². The fraction of sp³-hybridized carbons (Fsp3) is 1.00. The molecule has 164 valence electrons. The van der Waals surface area contributed by atoms with Gasteiger partial charge in [-0.3, -0.25) is 0 Å². The Balaban J connectivity index is 4.26. The molecule has 0 nitrogen and oxygen atoms in total. The van der Waals surface area contributed by atoms with Crippen molar-refractivity contribution in [1.29, 1.82) is 0 Å². The first-order valence-electron chi connectivity index (χ1n) is 10.3. The van der Waals surface area contributed by atoms with Crippen molar-refractivity contribution in [3.05, 3.63) is 0 Å². The summed E-state index contributed by atoms with van der Waals surface area (Å²) in [6.45, 7) is 8.37. The van der Waals surface area contributed by atoms with Crippen LogP contribution in [-0.2, 0) is 0 Å². The van der Waals surface area contributed by atoms with Crippen LogP contribution in [0.4, 0.5) is 26.3 Å². The first-order valence-corrected chi connectivity index (χ1v) is 10.3. The third-order valence-corrected chi connectivity index (χ3v) is 5.22. The van der Waals surface area contributed by atoms with E-state index in [2.05, 4.69) is 0 Å². The van der Waals surface area contributed by atoms with Crippen molar-refractivity contribution in [3.8, 4) is 0 Å². The molecular weight excluding hydrogens is 366 g/mol. The number of alkyl halides is 6. The van der Waals surface area contributed by atoms with Crippen LogP contribution in [0.5, 0.6) is 0 Å². The van der Waals surface area contributed by atoms with Gasteiger partial charge in [0.15, 0.2) is 0 Å². The van der Waals surface area contributed by atoms with Gasteiger partial charge in [-0.05, 0) is 37.5 Å². The lowest BCUT2D eigenvalue weighted by Crippen LogP contribution is -2.27. The zero-order valence-electron chi connectivity index (χ0n) is 17.6. The Bertz CT molecular complexity index is 392. The van der Waals surface area contributed by atoms with Crippen molar-refractivity contribution in [3.63, 3.8) is 0 Å².